The van der Waals surface area contributed by atoms with Crippen LogP contribution in [0.15, 0.2) is 34.7 Å². The zero-order valence-electron chi connectivity index (χ0n) is 16.3. The summed E-state index contributed by atoms with van der Waals surface area (Å²) < 4.78 is 5.72. The van der Waals surface area contributed by atoms with Crippen LogP contribution in [-0.2, 0) is 0 Å². The van der Waals surface area contributed by atoms with E-state index < -0.39 is 0 Å². The molecule has 0 atom stereocenters. The van der Waals surface area contributed by atoms with Gasteiger partial charge in [0.25, 0.3) is 5.91 Å². The minimum absolute atomic E-state index is 0.0892. The van der Waals surface area contributed by atoms with Crippen molar-refractivity contribution in [3.05, 3.63) is 52.6 Å². The van der Waals surface area contributed by atoms with E-state index in [1.165, 1.54) is 0 Å². The van der Waals surface area contributed by atoms with Gasteiger partial charge in [0, 0.05) is 54.3 Å². The summed E-state index contributed by atoms with van der Waals surface area (Å²) in [6, 6.07) is 9.12. The SMILES string of the molecule is Cc1cc(N2CCN(C(=O)c3cc4cc(Cl)ccc4o3)CC2)nc(C(C)C)n1. The molecule has 146 valence electrons. The van der Waals surface area contributed by atoms with Crippen molar-refractivity contribution in [2.24, 2.45) is 0 Å². The van der Waals surface area contributed by atoms with Gasteiger partial charge in [0.15, 0.2) is 5.76 Å². The van der Waals surface area contributed by atoms with Crippen LogP contribution in [0.1, 0.15) is 41.8 Å². The first kappa shape index (κ1) is 18.7. The van der Waals surface area contributed by atoms with Crippen molar-refractivity contribution in [1.82, 2.24) is 14.9 Å². The van der Waals surface area contributed by atoms with Crippen LogP contribution in [0.5, 0.6) is 0 Å². The van der Waals surface area contributed by atoms with Crippen LogP contribution in [0, 0.1) is 6.92 Å². The van der Waals surface area contributed by atoms with E-state index in [9.17, 15) is 4.79 Å². The fourth-order valence-corrected chi connectivity index (χ4v) is 3.59. The van der Waals surface area contributed by atoms with Gasteiger partial charge < -0.3 is 14.2 Å². The van der Waals surface area contributed by atoms with Crippen molar-refractivity contribution < 1.29 is 9.21 Å². The molecule has 3 heterocycles. The molecule has 0 saturated carbocycles. The van der Waals surface area contributed by atoms with Crippen LogP contribution in [0.4, 0.5) is 5.82 Å². The Morgan fingerprint density at radius 2 is 1.86 bits per heavy atom. The van der Waals surface area contributed by atoms with Crippen molar-refractivity contribution in [1.29, 1.82) is 0 Å². The van der Waals surface area contributed by atoms with E-state index in [4.69, 9.17) is 21.0 Å². The van der Waals surface area contributed by atoms with Gasteiger partial charge in [-0.05, 0) is 31.2 Å². The smallest absolute Gasteiger partial charge is 0.289 e. The number of fused-ring (bicyclic) bond motifs is 1. The Hall–Kier alpha value is -2.60. The highest BCUT2D eigenvalue weighted by Crippen LogP contribution is 2.25. The number of aryl methyl sites for hydroxylation is 1. The number of furan rings is 1. The lowest BCUT2D eigenvalue weighted by molar-refractivity contribution is 0.0717. The fraction of sp³-hybridized carbons (Fsp3) is 0.381. The van der Waals surface area contributed by atoms with E-state index in [-0.39, 0.29) is 11.8 Å². The summed E-state index contributed by atoms with van der Waals surface area (Å²) in [5.74, 6) is 2.33. The maximum atomic E-state index is 12.9. The molecule has 0 aliphatic carbocycles. The molecule has 3 aromatic rings. The molecule has 0 spiro atoms. The Kier molecular flexibility index (Phi) is 4.98. The van der Waals surface area contributed by atoms with Crippen LogP contribution < -0.4 is 4.90 Å². The van der Waals surface area contributed by atoms with Gasteiger partial charge in [-0.2, -0.15) is 0 Å². The summed E-state index contributed by atoms with van der Waals surface area (Å²) in [5, 5.41) is 1.47. The number of halogens is 1. The van der Waals surface area contributed by atoms with Crippen molar-refractivity contribution in [2.75, 3.05) is 31.1 Å². The molecule has 28 heavy (non-hydrogen) atoms. The normalized spacial score (nSPS) is 14.9. The van der Waals surface area contributed by atoms with Gasteiger partial charge in [0.2, 0.25) is 0 Å². The molecule has 1 aromatic carbocycles. The molecule has 0 bridgehead atoms. The second kappa shape index (κ2) is 7.43. The Labute approximate surface area is 169 Å². The van der Waals surface area contributed by atoms with E-state index in [1.807, 2.05) is 17.9 Å². The van der Waals surface area contributed by atoms with Gasteiger partial charge in [-0.25, -0.2) is 9.97 Å². The zero-order chi connectivity index (χ0) is 19.8. The quantitative estimate of drug-likeness (QED) is 0.659. The average Bonchev–Trinajstić information content (AvgIpc) is 3.10. The van der Waals surface area contributed by atoms with E-state index in [1.54, 1.807) is 24.3 Å². The van der Waals surface area contributed by atoms with E-state index >= 15 is 0 Å². The molecule has 6 nitrogen and oxygen atoms in total. The highest BCUT2D eigenvalue weighted by Gasteiger charge is 2.25. The average molecular weight is 399 g/mol. The molecule has 1 aliphatic heterocycles. The minimum atomic E-state index is -0.0892. The van der Waals surface area contributed by atoms with Crippen molar-refractivity contribution in [3.63, 3.8) is 0 Å². The summed E-state index contributed by atoms with van der Waals surface area (Å²) in [6.45, 7) is 8.88. The van der Waals surface area contributed by atoms with Crippen molar-refractivity contribution in [2.45, 2.75) is 26.7 Å². The number of piperazine rings is 1. The predicted octanol–water partition coefficient (Wildman–Crippen LogP) is 4.27. The third-order valence-corrected chi connectivity index (χ3v) is 5.19. The number of nitrogens with zero attached hydrogens (tertiary/aromatic N) is 4. The summed E-state index contributed by atoms with van der Waals surface area (Å²) in [4.78, 5) is 26.1. The lowest BCUT2D eigenvalue weighted by atomic mass is 10.2. The number of carbonyl (C=O) groups is 1. The number of anilines is 1. The summed E-state index contributed by atoms with van der Waals surface area (Å²) in [7, 11) is 0. The van der Waals surface area contributed by atoms with E-state index in [2.05, 4.69) is 23.7 Å². The number of hydrogen-bond acceptors (Lipinski definition) is 5. The molecule has 1 aliphatic rings. The largest absolute Gasteiger partial charge is 0.451 e. The highest BCUT2D eigenvalue weighted by atomic mass is 35.5. The first-order valence-corrected chi connectivity index (χ1v) is 9.87. The van der Waals surface area contributed by atoms with Crippen LogP contribution >= 0.6 is 11.6 Å². The molecule has 2 aromatic heterocycles. The van der Waals surface area contributed by atoms with Crippen LogP contribution in [0.3, 0.4) is 0 Å². The molecular weight excluding hydrogens is 376 g/mol. The standard InChI is InChI=1S/C21H23ClN4O2/c1-13(2)20-23-14(3)10-19(24-20)25-6-8-26(9-7-25)21(27)18-12-15-11-16(22)4-5-17(15)28-18/h4-5,10-13H,6-9H2,1-3H3. The van der Waals surface area contributed by atoms with Gasteiger partial charge in [-0.3, -0.25) is 4.79 Å². The van der Waals surface area contributed by atoms with Gasteiger partial charge in [0.05, 0.1) is 0 Å². The minimum Gasteiger partial charge on any atom is -0.451 e. The van der Waals surface area contributed by atoms with Crippen molar-refractivity contribution in [3.8, 4) is 0 Å². The first-order chi connectivity index (χ1) is 13.4. The Morgan fingerprint density at radius 3 is 2.57 bits per heavy atom. The maximum absolute atomic E-state index is 12.9. The van der Waals surface area contributed by atoms with E-state index in [0.29, 0.717) is 29.5 Å². The summed E-state index contributed by atoms with van der Waals surface area (Å²) in [6.07, 6.45) is 0. The number of aromatic nitrogens is 2. The Morgan fingerprint density at radius 1 is 1.11 bits per heavy atom. The lowest BCUT2D eigenvalue weighted by Gasteiger charge is -2.35. The maximum Gasteiger partial charge on any atom is 0.289 e. The molecule has 0 unspecified atom stereocenters. The highest BCUT2D eigenvalue weighted by molar-refractivity contribution is 6.31. The second-order valence-corrected chi connectivity index (χ2v) is 7.89. The lowest BCUT2D eigenvalue weighted by Crippen LogP contribution is -2.49. The Balaban J connectivity index is 1.47. The summed E-state index contributed by atoms with van der Waals surface area (Å²) in [5.41, 5.74) is 1.64. The molecule has 1 fully saturated rings. The fourth-order valence-electron chi connectivity index (χ4n) is 3.41. The van der Waals surface area contributed by atoms with Crippen LogP contribution in [0.2, 0.25) is 5.02 Å². The molecular formula is C21H23ClN4O2. The zero-order valence-corrected chi connectivity index (χ0v) is 17.0. The third kappa shape index (κ3) is 3.69. The van der Waals surface area contributed by atoms with E-state index in [0.717, 1.165) is 35.8 Å². The summed E-state index contributed by atoms with van der Waals surface area (Å²) >= 11 is 6.02. The van der Waals surface area contributed by atoms with Gasteiger partial charge in [-0.1, -0.05) is 25.4 Å². The molecule has 7 heteroatoms. The number of benzene rings is 1. The van der Waals surface area contributed by atoms with Gasteiger partial charge in [0.1, 0.15) is 17.2 Å². The first-order valence-electron chi connectivity index (χ1n) is 9.49. The molecule has 1 saturated heterocycles. The number of carbonyl (C=O) groups excluding carboxylic acids is 1. The molecule has 0 N–H and O–H groups in total. The van der Waals surface area contributed by atoms with Gasteiger partial charge in [-0.15, -0.1) is 0 Å². The monoisotopic (exact) mass is 398 g/mol. The number of rotatable bonds is 3. The van der Waals surface area contributed by atoms with Gasteiger partial charge >= 0.3 is 0 Å². The predicted molar refractivity (Wildman–Crippen MR) is 110 cm³/mol. The molecule has 4 rings (SSSR count). The molecule has 0 radical (unpaired) electrons. The van der Waals surface area contributed by atoms with Crippen LogP contribution in [0.25, 0.3) is 11.0 Å². The second-order valence-electron chi connectivity index (χ2n) is 7.45. The third-order valence-electron chi connectivity index (χ3n) is 4.95. The van der Waals surface area contributed by atoms with Crippen molar-refractivity contribution >= 4 is 34.3 Å². The number of hydrogen-bond donors (Lipinski definition) is 0. The Bertz CT molecular complexity index is 1020. The van der Waals surface area contributed by atoms with Crippen LogP contribution in [-0.4, -0.2) is 47.0 Å². The topological polar surface area (TPSA) is 62.5 Å². The molecule has 1 amide bonds. The number of amides is 1.